The molecule has 4 rings (SSSR count). The number of nitrogens with one attached hydrogen (secondary N) is 1. The first kappa shape index (κ1) is 21.0. The third-order valence-electron chi connectivity index (χ3n) is 5.84. The fourth-order valence-corrected chi connectivity index (χ4v) is 3.76. The predicted octanol–water partition coefficient (Wildman–Crippen LogP) is 3.16. The van der Waals surface area contributed by atoms with Crippen LogP contribution in [0.1, 0.15) is 34.1 Å². The number of nitrogens with zero attached hydrogens (tertiary/aromatic N) is 2. The molecule has 1 aliphatic heterocycles. The van der Waals surface area contributed by atoms with Gasteiger partial charge in [0, 0.05) is 48.9 Å². The molecule has 1 saturated heterocycles. The zero-order valence-corrected chi connectivity index (χ0v) is 17.1. The zero-order chi connectivity index (χ0) is 22.1. The van der Waals surface area contributed by atoms with Crippen LogP contribution in [0.4, 0.5) is 14.5 Å². The van der Waals surface area contributed by atoms with Gasteiger partial charge < -0.3 is 15.1 Å². The Morgan fingerprint density at radius 2 is 1.45 bits per heavy atom. The van der Waals surface area contributed by atoms with E-state index in [2.05, 4.69) is 5.32 Å². The van der Waals surface area contributed by atoms with E-state index < -0.39 is 17.5 Å². The van der Waals surface area contributed by atoms with Crippen molar-refractivity contribution < 1.29 is 23.2 Å². The van der Waals surface area contributed by atoms with Crippen LogP contribution in [0, 0.1) is 23.5 Å². The smallest absolute Gasteiger partial charge is 0.254 e. The van der Waals surface area contributed by atoms with Crippen molar-refractivity contribution >= 4 is 23.4 Å². The molecule has 3 amide bonds. The Kier molecular flexibility index (Phi) is 5.71. The van der Waals surface area contributed by atoms with Crippen LogP contribution in [0.5, 0.6) is 0 Å². The lowest BCUT2D eigenvalue weighted by Crippen LogP contribution is -2.50. The standard InChI is InChI=1S/C23H23F2N3O3/c1-14-11-18(14)21(29)26-17-4-2-3-15(12-17)22(30)27-7-9-28(10-8-27)23(31)16-5-6-19(24)20(25)13-16/h2-6,12-14,18H,7-11H2,1H3,(H,26,29). The molecule has 1 heterocycles. The minimum Gasteiger partial charge on any atom is -0.335 e. The lowest BCUT2D eigenvalue weighted by atomic mass is 10.1. The van der Waals surface area contributed by atoms with Gasteiger partial charge in [-0.05, 0) is 48.7 Å². The van der Waals surface area contributed by atoms with Crippen LogP contribution in [0.3, 0.4) is 0 Å². The van der Waals surface area contributed by atoms with Gasteiger partial charge in [-0.3, -0.25) is 14.4 Å². The molecular weight excluding hydrogens is 404 g/mol. The Morgan fingerprint density at radius 1 is 0.871 bits per heavy atom. The summed E-state index contributed by atoms with van der Waals surface area (Å²) in [5.41, 5.74) is 1.12. The summed E-state index contributed by atoms with van der Waals surface area (Å²) in [4.78, 5) is 40.7. The molecule has 1 aliphatic carbocycles. The van der Waals surface area contributed by atoms with Crippen molar-refractivity contribution in [1.82, 2.24) is 9.80 Å². The molecule has 2 unspecified atom stereocenters. The third kappa shape index (κ3) is 4.57. The first-order valence-corrected chi connectivity index (χ1v) is 10.3. The molecular formula is C23H23F2N3O3. The van der Waals surface area contributed by atoms with Gasteiger partial charge in [-0.25, -0.2) is 8.78 Å². The Labute approximate surface area is 178 Å². The summed E-state index contributed by atoms with van der Waals surface area (Å²) in [6.45, 7) is 3.26. The molecule has 31 heavy (non-hydrogen) atoms. The highest BCUT2D eigenvalue weighted by Crippen LogP contribution is 2.38. The monoisotopic (exact) mass is 427 g/mol. The number of rotatable bonds is 4. The minimum absolute atomic E-state index is 0.0264. The number of carbonyl (C=O) groups excluding carboxylic acids is 3. The second-order valence-electron chi connectivity index (χ2n) is 8.10. The quantitative estimate of drug-likeness (QED) is 0.815. The molecule has 1 N–H and O–H groups in total. The van der Waals surface area contributed by atoms with Gasteiger partial charge in [0.1, 0.15) is 0 Å². The number of anilines is 1. The van der Waals surface area contributed by atoms with Crippen LogP contribution < -0.4 is 5.32 Å². The second kappa shape index (κ2) is 8.45. The maximum absolute atomic E-state index is 13.4. The highest BCUT2D eigenvalue weighted by molar-refractivity contribution is 5.99. The average Bonchev–Trinajstić information content (AvgIpc) is 3.52. The number of piperazine rings is 1. The topological polar surface area (TPSA) is 69.7 Å². The van der Waals surface area contributed by atoms with Gasteiger partial charge in [-0.2, -0.15) is 0 Å². The molecule has 6 nitrogen and oxygen atoms in total. The number of amides is 3. The third-order valence-corrected chi connectivity index (χ3v) is 5.84. The van der Waals surface area contributed by atoms with E-state index in [4.69, 9.17) is 0 Å². The van der Waals surface area contributed by atoms with Gasteiger partial charge in [0.2, 0.25) is 5.91 Å². The molecule has 1 saturated carbocycles. The molecule has 162 valence electrons. The van der Waals surface area contributed by atoms with E-state index in [-0.39, 0.29) is 23.3 Å². The normalized spacial score (nSPS) is 20.4. The highest BCUT2D eigenvalue weighted by Gasteiger charge is 2.39. The van der Waals surface area contributed by atoms with Crippen molar-refractivity contribution in [1.29, 1.82) is 0 Å². The van der Waals surface area contributed by atoms with Crippen molar-refractivity contribution in [2.24, 2.45) is 11.8 Å². The average molecular weight is 427 g/mol. The lowest BCUT2D eigenvalue weighted by Gasteiger charge is -2.35. The van der Waals surface area contributed by atoms with E-state index in [1.807, 2.05) is 6.92 Å². The number of carbonyl (C=O) groups is 3. The van der Waals surface area contributed by atoms with E-state index >= 15 is 0 Å². The Balaban J connectivity index is 1.36. The van der Waals surface area contributed by atoms with Crippen LogP contribution in [0.15, 0.2) is 42.5 Å². The van der Waals surface area contributed by atoms with E-state index in [1.54, 1.807) is 29.2 Å². The van der Waals surface area contributed by atoms with Crippen molar-refractivity contribution in [2.45, 2.75) is 13.3 Å². The zero-order valence-electron chi connectivity index (χ0n) is 17.1. The Morgan fingerprint density at radius 3 is 2.00 bits per heavy atom. The first-order valence-electron chi connectivity index (χ1n) is 10.3. The molecule has 0 radical (unpaired) electrons. The number of hydrogen-bond donors (Lipinski definition) is 1. The van der Waals surface area contributed by atoms with E-state index in [0.29, 0.717) is 43.3 Å². The van der Waals surface area contributed by atoms with Crippen LogP contribution in [0.2, 0.25) is 0 Å². The van der Waals surface area contributed by atoms with Gasteiger partial charge in [-0.1, -0.05) is 13.0 Å². The molecule has 2 aromatic carbocycles. The number of hydrogen-bond acceptors (Lipinski definition) is 3. The Hall–Kier alpha value is -3.29. The summed E-state index contributed by atoms with van der Waals surface area (Å²) >= 11 is 0. The van der Waals surface area contributed by atoms with Crippen molar-refractivity contribution in [3.8, 4) is 0 Å². The highest BCUT2D eigenvalue weighted by atomic mass is 19.2. The molecule has 8 heteroatoms. The van der Waals surface area contributed by atoms with Gasteiger partial charge >= 0.3 is 0 Å². The predicted molar refractivity (Wildman–Crippen MR) is 111 cm³/mol. The fraction of sp³-hybridized carbons (Fsp3) is 0.348. The molecule has 2 aliphatic rings. The molecule has 0 aromatic heterocycles. The van der Waals surface area contributed by atoms with Crippen LogP contribution in [-0.2, 0) is 4.79 Å². The maximum atomic E-state index is 13.4. The second-order valence-corrected chi connectivity index (χ2v) is 8.10. The summed E-state index contributed by atoms with van der Waals surface area (Å²) in [5, 5.41) is 2.86. The van der Waals surface area contributed by atoms with E-state index in [0.717, 1.165) is 18.6 Å². The van der Waals surface area contributed by atoms with Gasteiger partial charge in [-0.15, -0.1) is 0 Å². The Bertz CT molecular complexity index is 1030. The first-order chi connectivity index (χ1) is 14.8. The van der Waals surface area contributed by atoms with Crippen molar-refractivity contribution in [2.75, 3.05) is 31.5 Å². The molecule has 0 spiro atoms. The van der Waals surface area contributed by atoms with Crippen molar-refractivity contribution in [3.05, 3.63) is 65.2 Å². The van der Waals surface area contributed by atoms with Crippen LogP contribution >= 0.6 is 0 Å². The molecule has 2 fully saturated rings. The summed E-state index contributed by atoms with van der Waals surface area (Å²) in [7, 11) is 0. The lowest BCUT2D eigenvalue weighted by molar-refractivity contribution is -0.117. The SMILES string of the molecule is CC1CC1C(=O)Nc1cccc(C(=O)N2CCN(C(=O)c3ccc(F)c(F)c3)CC2)c1. The summed E-state index contributed by atoms with van der Waals surface area (Å²) in [6, 6.07) is 9.89. The minimum atomic E-state index is -1.07. The molecule has 2 atom stereocenters. The van der Waals surface area contributed by atoms with Crippen molar-refractivity contribution in [3.63, 3.8) is 0 Å². The van der Waals surface area contributed by atoms with Crippen LogP contribution in [-0.4, -0.2) is 53.7 Å². The summed E-state index contributed by atoms with van der Waals surface area (Å²) < 4.78 is 26.5. The number of benzene rings is 2. The van der Waals surface area contributed by atoms with Gasteiger partial charge in [0.15, 0.2) is 11.6 Å². The fourth-order valence-electron chi connectivity index (χ4n) is 3.76. The van der Waals surface area contributed by atoms with Gasteiger partial charge in [0.25, 0.3) is 11.8 Å². The number of halogens is 2. The molecule has 0 bridgehead atoms. The van der Waals surface area contributed by atoms with Crippen LogP contribution in [0.25, 0.3) is 0 Å². The van der Waals surface area contributed by atoms with E-state index in [1.165, 1.54) is 11.0 Å². The maximum Gasteiger partial charge on any atom is 0.254 e. The van der Waals surface area contributed by atoms with Gasteiger partial charge in [0.05, 0.1) is 0 Å². The summed E-state index contributed by atoms with van der Waals surface area (Å²) in [5.74, 6) is -2.24. The van der Waals surface area contributed by atoms with E-state index in [9.17, 15) is 23.2 Å². The summed E-state index contributed by atoms with van der Waals surface area (Å²) in [6.07, 6.45) is 0.887. The largest absolute Gasteiger partial charge is 0.335 e. The molecule has 2 aromatic rings.